The van der Waals surface area contributed by atoms with E-state index in [1.165, 1.54) is 5.56 Å². The molecule has 3 rings (SSSR count). The van der Waals surface area contributed by atoms with E-state index in [1.807, 2.05) is 12.1 Å². The monoisotopic (exact) mass is 281 g/mol. The first-order valence-corrected chi connectivity index (χ1v) is 7.12. The van der Waals surface area contributed by atoms with Crippen LogP contribution >= 0.6 is 0 Å². The highest BCUT2D eigenvalue weighted by molar-refractivity contribution is 5.96. The molecule has 0 bridgehead atoms. The van der Waals surface area contributed by atoms with Crippen molar-refractivity contribution in [2.45, 2.75) is 18.4 Å². The van der Waals surface area contributed by atoms with Gasteiger partial charge in [-0.05, 0) is 30.2 Å². The number of carbonyl (C=O) groups is 1. The van der Waals surface area contributed by atoms with E-state index in [0.29, 0.717) is 23.2 Å². The molecule has 2 unspecified atom stereocenters. The highest BCUT2D eigenvalue weighted by Gasteiger charge is 2.38. The van der Waals surface area contributed by atoms with Gasteiger partial charge in [0.2, 0.25) is 0 Å². The molecule has 2 atom stereocenters. The normalized spacial score (nSPS) is 19.9. The van der Waals surface area contributed by atoms with Crippen LogP contribution in [0.15, 0.2) is 48.5 Å². The third-order valence-corrected chi connectivity index (χ3v) is 3.90. The summed E-state index contributed by atoms with van der Waals surface area (Å²) in [6.07, 6.45) is 1.09. The topological polar surface area (TPSA) is 67.2 Å². The predicted molar refractivity (Wildman–Crippen MR) is 85.5 cm³/mol. The molecule has 0 aromatic heterocycles. The van der Waals surface area contributed by atoms with Gasteiger partial charge in [-0.3, -0.25) is 4.79 Å². The summed E-state index contributed by atoms with van der Waals surface area (Å²) in [5, 5.41) is 6.07. The van der Waals surface area contributed by atoms with Gasteiger partial charge in [0, 0.05) is 24.6 Å². The summed E-state index contributed by atoms with van der Waals surface area (Å²) in [6, 6.07) is 16.2. The average Bonchev–Trinajstić information content (AvgIpc) is 3.29. The molecule has 0 radical (unpaired) electrons. The Bertz CT molecular complexity index is 654. The minimum Gasteiger partial charge on any atom is -0.397 e. The van der Waals surface area contributed by atoms with Crippen LogP contribution in [0.4, 0.5) is 11.4 Å². The lowest BCUT2D eigenvalue weighted by molar-refractivity contribution is 0.0963. The van der Waals surface area contributed by atoms with E-state index in [4.69, 9.17) is 5.73 Å². The molecule has 1 saturated carbocycles. The zero-order chi connectivity index (χ0) is 14.8. The number of nitrogens with one attached hydrogen (secondary N) is 2. The SMILES string of the molecule is CNC(=O)c1ccc(N)c(NC2CC2c2ccccc2)c1. The van der Waals surface area contributed by atoms with Gasteiger partial charge < -0.3 is 16.4 Å². The number of nitrogens with two attached hydrogens (primary N) is 1. The number of hydrogen-bond donors (Lipinski definition) is 3. The number of nitrogen functional groups attached to an aromatic ring is 1. The fourth-order valence-electron chi connectivity index (χ4n) is 2.59. The molecule has 0 saturated heterocycles. The van der Waals surface area contributed by atoms with Gasteiger partial charge >= 0.3 is 0 Å². The maximum atomic E-state index is 11.7. The highest BCUT2D eigenvalue weighted by Crippen LogP contribution is 2.43. The van der Waals surface area contributed by atoms with Gasteiger partial charge in [0.1, 0.15) is 0 Å². The standard InChI is InChI=1S/C17H19N3O/c1-19-17(21)12-7-8-14(18)16(9-12)20-15-10-13(15)11-5-3-2-4-6-11/h2-9,13,15,20H,10,18H2,1H3,(H,19,21). The van der Waals surface area contributed by atoms with E-state index in [2.05, 4.69) is 34.9 Å². The molecule has 4 N–H and O–H groups in total. The molecule has 2 aromatic rings. The van der Waals surface area contributed by atoms with Crippen LogP contribution in [0, 0.1) is 0 Å². The molecule has 1 aliphatic rings. The van der Waals surface area contributed by atoms with Crippen molar-refractivity contribution < 1.29 is 4.79 Å². The smallest absolute Gasteiger partial charge is 0.251 e. The molecule has 1 amide bonds. The third-order valence-electron chi connectivity index (χ3n) is 3.90. The Kier molecular flexibility index (Phi) is 3.52. The minimum atomic E-state index is -0.103. The second-order valence-corrected chi connectivity index (χ2v) is 5.38. The average molecular weight is 281 g/mol. The Hall–Kier alpha value is -2.49. The van der Waals surface area contributed by atoms with Crippen LogP contribution in [0.3, 0.4) is 0 Å². The van der Waals surface area contributed by atoms with Crippen molar-refractivity contribution in [2.24, 2.45) is 0 Å². The summed E-state index contributed by atoms with van der Waals surface area (Å²) in [7, 11) is 1.62. The fraction of sp³-hybridized carbons (Fsp3) is 0.235. The molecule has 2 aromatic carbocycles. The van der Waals surface area contributed by atoms with Gasteiger partial charge in [0.05, 0.1) is 11.4 Å². The molecule has 21 heavy (non-hydrogen) atoms. The van der Waals surface area contributed by atoms with Crippen molar-refractivity contribution in [2.75, 3.05) is 18.1 Å². The lowest BCUT2D eigenvalue weighted by atomic mass is 10.1. The van der Waals surface area contributed by atoms with Crippen LogP contribution < -0.4 is 16.4 Å². The molecule has 4 heteroatoms. The predicted octanol–water partition coefficient (Wildman–Crippen LogP) is 2.60. The summed E-state index contributed by atoms with van der Waals surface area (Å²) in [4.78, 5) is 11.7. The quantitative estimate of drug-likeness (QED) is 0.755. The van der Waals surface area contributed by atoms with Crippen molar-refractivity contribution in [1.29, 1.82) is 0 Å². The van der Waals surface area contributed by atoms with Crippen molar-refractivity contribution >= 4 is 17.3 Å². The summed E-state index contributed by atoms with van der Waals surface area (Å²) in [6.45, 7) is 0. The van der Waals surface area contributed by atoms with Gasteiger partial charge in [-0.25, -0.2) is 0 Å². The molecule has 0 spiro atoms. The second-order valence-electron chi connectivity index (χ2n) is 5.38. The zero-order valence-corrected chi connectivity index (χ0v) is 12.0. The summed E-state index contributed by atoms with van der Waals surface area (Å²) in [5.41, 5.74) is 9.46. The molecular weight excluding hydrogens is 262 g/mol. The molecule has 4 nitrogen and oxygen atoms in total. The summed E-state index contributed by atoms with van der Waals surface area (Å²) < 4.78 is 0. The van der Waals surface area contributed by atoms with Crippen molar-refractivity contribution in [3.8, 4) is 0 Å². The van der Waals surface area contributed by atoms with Gasteiger partial charge in [0.25, 0.3) is 5.91 Å². The lowest BCUT2D eigenvalue weighted by Gasteiger charge is -2.11. The molecule has 108 valence electrons. The van der Waals surface area contributed by atoms with Crippen LogP contribution in [0.2, 0.25) is 0 Å². The van der Waals surface area contributed by atoms with Gasteiger partial charge in [-0.15, -0.1) is 0 Å². The van der Waals surface area contributed by atoms with Crippen LogP contribution in [0.1, 0.15) is 28.3 Å². The van der Waals surface area contributed by atoms with E-state index in [9.17, 15) is 4.79 Å². The molecule has 0 aliphatic heterocycles. The molecular formula is C17H19N3O. The van der Waals surface area contributed by atoms with E-state index in [-0.39, 0.29) is 5.91 Å². The number of carbonyl (C=O) groups excluding carboxylic acids is 1. The van der Waals surface area contributed by atoms with Crippen molar-refractivity contribution in [3.05, 3.63) is 59.7 Å². The second kappa shape index (κ2) is 5.48. The number of benzene rings is 2. The number of amides is 1. The first-order valence-electron chi connectivity index (χ1n) is 7.12. The maximum Gasteiger partial charge on any atom is 0.251 e. The Balaban J connectivity index is 1.73. The Morgan fingerprint density at radius 3 is 2.67 bits per heavy atom. The molecule has 1 aliphatic carbocycles. The van der Waals surface area contributed by atoms with Crippen molar-refractivity contribution in [1.82, 2.24) is 5.32 Å². The first-order chi connectivity index (χ1) is 10.2. The van der Waals surface area contributed by atoms with E-state index in [1.54, 1.807) is 19.2 Å². The zero-order valence-electron chi connectivity index (χ0n) is 12.0. The Labute approximate surface area is 124 Å². The number of hydrogen-bond acceptors (Lipinski definition) is 3. The Morgan fingerprint density at radius 2 is 1.95 bits per heavy atom. The van der Waals surface area contributed by atoms with E-state index < -0.39 is 0 Å². The fourth-order valence-corrected chi connectivity index (χ4v) is 2.59. The molecule has 0 heterocycles. The van der Waals surface area contributed by atoms with Gasteiger partial charge in [-0.2, -0.15) is 0 Å². The molecule has 1 fully saturated rings. The van der Waals surface area contributed by atoms with Gasteiger partial charge in [0.15, 0.2) is 0 Å². The van der Waals surface area contributed by atoms with Crippen molar-refractivity contribution in [3.63, 3.8) is 0 Å². The van der Waals surface area contributed by atoms with E-state index >= 15 is 0 Å². The van der Waals surface area contributed by atoms with E-state index in [0.717, 1.165) is 12.1 Å². The lowest BCUT2D eigenvalue weighted by Crippen LogP contribution is -2.18. The Morgan fingerprint density at radius 1 is 1.19 bits per heavy atom. The highest BCUT2D eigenvalue weighted by atomic mass is 16.1. The largest absolute Gasteiger partial charge is 0.397 e. The van der Waals surface area contributed by atoms with Crippen LogP contribution in [0.25, 0.3) is 0 Å². The van der Waals surface area contributed by atoms with Crippen LogP contribution in [0.5, 0.6) is 0 Å². The summed E-state index contributed by atoms with van der Waals surface area (Å²) in [5.74, 6) is 0.419. The van der Waals surface area contributed by atoms with Gasteiger partial charge in [-0.1, -0.05) is 30.3 Å². The minimum absolute atomic E-state index is 0.103. The summed E-state index contributed by atoms with van der Waals surface area (Å²) >= 11 is 0. The maximum absolute atomic E-state index is 11.7. The third kappa shape index (κ3) is 2.84. The van der Waals surface area contributed by atoms with Crippen LogP contribution in [-0.2, 0) is 0 Å². The number of rotatable bonds is 4. The first kappa shape index (κ1) is 13.5. The van der Waals surface area contributed by atoms with Crippen LogP contribution in [-0.4, -0.2) is 19.0 Å². The number of anilines is 2.